The molecule has 0 radical (unpaired) electrons. The van der Waals surface area contributed by atoms with Gasteiger partial charge in [0.15, 0.2) is 5.82 Å². The van der Waals surface area contributed by atoms with Crippen LogP contribution in [0.25, 0.3) is 16.7 Å². The molecular weight excluding hydrogens is 318 g/mol. The molecule has 5 rings (SSSR count). The van der Waals surface area contributed by atoms with Gasteiger partial charge >= 0.3 is 5.69 Å². The van der Waals surface area contributed by atoms with Gasteiger partial charge in [-0.25, -0.2) is 9.78 Å². The predicted octanol–water partition coefficient (Wildman–Crippen LogP) is 1.61. The van der Waals surface area contributed by atoms with Crippen LogP contribution in [0.2, 0.25) is 0 Å². The van der Waals surface area contributed by atoms with Gasteiger partial charge in [0.25, 0.3) is 0 Å². The molecule has 25 heavy (non-hydrogen) atoms. The van der Waals surface area contributed by atoms with Crippen LogP contribution >= 0.6 is 0 Å². The molecule has 1 aliphatic rings. The number of rotatable bonds is 2. The van der Waals surface area contributed by atoms with Crippen molar-refractivity contribution in [1.82, 2.24) is 29.1 Å². The Bertz CT molecular complexity index is 1100. The van der Waals surface area contributed by atoms with Crippen LogP contribution in [0.5, 0.6) is 0 Å². The number of hydrogen-bond donors (Lipinski definition) is 1. The van der Waals surface area contributed by atoms with Crippen molar-refractivity contribution in [3.63, 3.8) is 0 Å². The van der Waals surface area contributed by atoms with Gasteiger partial charge in [0.1, 0.15) is 6.33 Å². The Labute approximate surface area is 142 Å². The zero-order valence-corrected chi connectivity index (χ0v) is 13.5. The van der Waals surface area contributed by atoms with E-state index < -0.39 is 0 Å². The second-order valence-corrected chi connectivity index (χ2v) is 6.35. The van der Waals surface area contributed by atoms with Crippen LogP contribution in [0.3, 0.4) is 0 Å². The van der Waals surface area contributed by atoms with E-state index in [1.165, 1.54) is 0 Å². The third kappa shape index (κ3) is 2.21. The van der Waals surface area contributed by atoms with Crippen LogP contribution in [0.1, 0.15) is 18.9 Å². The number of benzene rings is 1. The van der Waals surface area contributed by atoms with Crippen LogP contribution in [-0.2, 0) is 0 Å². The lowest BCUT2D eigenvalue weighted by molar-refractivity contribution is 0.395. The number of H-pyrrole nitrogens is 1. The first-order valence-corrected chi connectivity index (χ1v) is 8.40. The Morgan fingerprint density at radius 2 is 2.00 bits per heavy atom. The van der Waals surface area contributed by atoms with E-state index in [0.717, 1.165) is 48.4 Å². The minimum absolute atomic E-state index is 0.0302. The fourth-order valence-corrected chi connectivity index (χ4v) is 3.74. The summed E-state index contributed by atoms with van der Waals surface area (Å²) in [6, 6.07) is 8.04. The largest absolute Gasteiger partial charge is 0.353 e. The molecule has 4 aromatic rings. The molecule has 1 fully saturated rings. The number of nitrogens with one attached hydrogen (secondary N) is 1. The molecule has 0 bridgehead atoms. The average molecular weight is 335 g/mol. The Morgan fingerprint density at radius 1 is 1.16 bits per heavy atom. The van der Waals surface area contributed by atoms with E-state index in [1.54, 1.807) is 12.5 Å². The van der Waals surface area contributed by atoms with Crippen molar-refractivity contribution >= 4 is 22.5 Å². The first-order valence-electron chi connectivity index (χ1n) is 8.40. The molecule has 0 saturated carbocycles. The highest BCUT2D eigenvalue weighted by atomic mass is 16.1. The zero-order valence-electron chi connectivity index (χ0n) is 13.5. The lowest BCUT2D eigenvalue weighted by atomic mass is 10.0. The number of nitrogens with zero attached hydrogens (tertiary/aromatic N) is 6. The van der Waals surface area contributed by atoms with Crippen LogP contribution in [0.15, 0.2) is 47.8 Å². The van der Waals surface area contributed by atoms with Crippen molar-refractivity contribution < 1.29 is 0 Å². The molecule has 0 atom stereocenters. The second kappa shape index (κ2) is 5.44. The van der Waals surface area contributed by atoms with Gasteiger partial charge in [-0.05, 0) is 25.0 Å². The van der Waals surface area contributed by atoms with Gasteiger partial charge in [-0.3, -0.25) is 8.97 Å². The fourth-order valence-electron chi connectivity index (χ4n) is 3.74. The quantitative estimate of drug-likeness (QED) is 0.602. The molecule has 126 valence electrons. The monoisotopic (exact) mass is 335 g/mol. The van der Waals surface area contributed by atoms with Gasteiger partial charge in [0.2, 0.25) is 5.65 Å². The van der Waals surface area contributed by atoms with Crippen molar-refractivity contribution in [3.05, 3.63) is 53.5 Å². The molecule has 1 aromatic carbocycles. The highest BCUT2D eigenvalue weighted by Crippen LogP contribution is 2.28. The molecule has 0 unspecified atom stereocenters. The minimum atomic E-state index is -0.0302. The maximum atomic E-state index is 12.4. The second-order valence-electron chi connectivity index (χ2n) is 6.35. The van der Waals surface area contributed by atoms with E-state index >= 15 is 0 Å². The van der Waals surface area contributed by atoms with Gasteiger partial charge in [0.05, 0.1) is 11.0 Å². The summed E-state index contributed by atoms with van der Waals surface area (Å²) in [4.78, 5) is 22.0. The first kappa shape index (κ1) is 14.2. The van der Waals surface area contributed by atoms with Gasteiger partial charge < -0.3 is 9.88 Å². The molecule has 8 nitrogen and oxygen atoms in total. The molecule has 3 aromatic heterocycles. The predicted molar refractivity (Wildman–Crippen MR) is 93.8 cm³/mol. The van der Waals surface area contributed by atoms with Gasteiger partial charge in [0, 0.05) is 31.5 Å². The number of anilines is 1. The fraction of sp³-hybridized carbons (Fsp3) is 0.294. The average Bonchev–Trinajstić information content (AvgIpc) is 3.25. The third-order valence-electron chi connectivity index (χ3n) is 4.95. The van der Waals surface area contributed by atoms with E-state index in [-0.39, 0.29) is 11.7 Å². The first-order chi connectivity index (χ1) is 12.3. The molecule has 1 saturated heterocycles. The van der Waals surface area contributed by atoms with Gasteiger partial charge in [-0.15, -0.1) is 10.2 Å². The summed E-state index contributed by atoms with van der Waals surface area (Å²) in [6.45, 7) is 1.66. The Morgan fingerprint density at radius 3 is 2.88 bits per heavy atom. The van der Waals surface area contributed by atoms with Gasteiger partial charge in [-0.2, -0.15) is 0 Å². The summed E-state index contributed by atoms with van der Waals surface area (Å²) < 4.78 is 3.77. The Balaban J connectivity index is 1.44. The smallest absolute Gasteiger partial charge is 0.326 e. The molecule has 8 heteroatoms. The summed E-state index contributed by atoms with van der Waals surface area (Å²) in [7, 11) is 0. The Hall–Kier alpha value is -3.16. The highest BCUT2D eigenvalue weighted by Gasteiger charge is 2.25. The lowest BCUT2D eigenvalue weighted by Crippen LogP contribution is -2.37. The number of aromatic amines is 1. The van der Waals surface area contributed by atoms with Crippen molar-refractivity contribution in [2.45, 2.75) is 18.9 Å². The maximum absolute atomic E-state index is 12.4. The normalized spacial score (nSPS) is 16.1. The van der Waals surface area contributed by atoms with E-state index in [9.17, 15) is 4.79 Å². The molecule has 0 aliphatic carbocycles. The Kier molecular flexibility index (Phi) is 3.09. The van der Waals surface area contributed by atoms with Gasteiger partial charge in [-0.1, -0.05) is 12.1 Å². The molecule has 4 heterocycles. The summed E-state index contributed by atoms with van der Waals surface area (Å²) in [6.07, 6.45) is 7.06. The number of para-hydroxylation sites is 2. The molecule has 1 N–H and O–H groups in total. The summed E-state index contributed by atoms with van der Waals surface area (Å²) in [5.74, 6) is 0.852. The van der Waals surface area contributed by atoms with E-state index in [1.807, 2.05) is 39.4 Å². The van der Waals surface area contributed by atoms with Crippen molar-refractivity contribution in [3.8, 4) is 0 Å². The molecule has 0 amide bonds. The minimum Gasteiger partial charge on any atom is -0.353 e. The van der Waals surface area contributed by atoms with Crippen molar-refractivity contribution in [2.24, 2.45) is 0 Å². The van der Waals surface area contributed by atoms with Crippen molar-refractivity contribution in [2.75, 3.05) is 18.0 Å². The maximum Gasteiger partial charge on any atom is 0.326 e. The number of hydrogen-bond acceptors (Lipinski definition) is 5. The van der Waals surface area contributed by atoms with Crippen LogP contribution in [0, 0.1) is 0 Å². The third-order valence-corrected chi connectivity index (χ3v) is 4.95. The van der Waals surface area contributed by atoms with E-state index in [0.29, 0.717) is 0 Å². The van der Waals surface area contributed by atoms with E-state index in [2.05, 4.69) is 25.1 Å². The van der Waals surface area contributed by atoms with Crippen LogP contribution in [-0.4, -0.2) is 42.2 Å². The summed E-state index contributed by atoms with van der Waals surface area (Å²) in [5.41, 5.74) is 2.61. The van der Waals surface area contributed by atoms with Crippen LogP contribution in [0.4, 0.5) is 5.82 Å². The van der Waals surface area contributed by atoms with E-state index in [4.69, 9.17) is 0 Å². The lowest BCUT2D eigenvalue weighted by Gasteiger charge is -2.33. The van der Waals surface area contributed by atoms with Crippen LogP contribution < -0.4 is 10.6 Å². The summed E-state index contributed by atoms with van der Waals surface area (Å²) in [5, 5.41) is 8.12. The van der Waals surface area contributed by atoms with Crippen molar-refractivity contribution in [1.29, 1.82) is 0 Å². The number of imidazole rings is 1. The standard InChI is InChI=1S/C17H17N7O/c25-17-20-13-3-1-2-4-14(13)24(17)12-5-8-22(9-6-12)15-16-21-19-11-23(16)10-7-18-15/h1-4,7,10-12H,5-6,8-9H2,(H,20,25). The molecular formula is C17H17N7O. The zero-order chi connectivity index (χ0) is 16.8. The topological polar surface area (TPSA) is 84.1 Å². The SMILES string of the molecule is O=c1[nH]c2ccccc2n1C1CCN(c2nccn3cnnc23)CC1. The molecule has 0 spiro atoms. The highest BCUT2D eigenvalue weighted by molar-refractivity contribution is 5.75. The number of piperidine rings is 1. The summed E-state index contributed by atoms with van der Waals surface area (Å²) >= 11 is 0. The molecule has 1 aliphatic heterocycles. The number of aromatic nitrogens is 6. The number of fused-ring (bicyclic) bond motifs is 2.